The molecular weight excluding hydrogens is 662 g/mol. The van der Waals surface area contributed by atoms with Gasteiger partial charge in [0, 0.05) is 0 Å². The van der Waals surface area contributed by atoms with Crippen molar-refractivity contribution in [1.29, 1.82) is 0 Å². The van der Waals surface area contributed by atoms with E-state index in [1.54, 1.807) is 0 Å². The fraction of sp³-hybridized carbons (Fsp3) is 0.415. The van der Waals surface area contributed by atoms with E-state index < -0.39 is 23.2 Å². The zero-order valence-corrected chi connectivity index (χ0v) is 34.4. The Morgan fingerprint density at radius 1 is 0.447 bits per heavy atom. The van der Waals surface area contributed by atoms with Crippen LogP contribution in [0.15, 0.2) is 121 Å². The molecule has 0 heterocycles. The van der Waals surface area contributed by atoms with Gasteiger partial charge in [0.25, 0.3) is 0 Å². The maximum atomic E-state index is 6.40. The van der Waals surface area contributed by atoms with Crippen molar-refractivity contribution in [2.75, 3.05) is 6.54 Å². The molecule has 4 aromatic carbocycles. The fourth-order valence-corrected chi connectivity index (χ4v) is 26.1. The monoisotopic (exact) mass is 717 g/mol. The second kappa shape index (κ2) is 16.2. The molecule has 47 heavy (non-hydrogen) atoms. The van der Waals surface area contributed by atoms with E-state index in [0.717, 1.165) is 19.0 Å². The molecule has 0 saturated heterocycles. The average Bonchev–Trinajstić information content (AvgIpc) is 3.03. The largest absolute Gasteiger partial charge is 0.330 e. The lowest BCUT2D eigenvalue weighted by atomic mass is 10.1. The Hall–Kier alpha value is -1.93. The van der Waals surface area contributed by atoms with Gasteiger partial charge in [-0.1, -0.05) is 195 Å². The summed E-state index contributed by atoms with van der Waals surface area (Å²) in [5.41, 5.74) is 0. The molecule has 0 unspecified atom stereocenters. The summed E-state index contributed by atoms with van der Waals surface area (Å²) in [7, 11) is -5.44. The third kappa shape index (κ3) is 8.45. The third-order valence-electron chi connectivity index (χ3n) is 9.99. The number of halogens is 2. The summed E-state index contributed by atoms with van der Waals surface area (Å²) in [6.45, 7) is 16.2. The summed E-state index contributed by atoms with van der Waals surface area (Å²) in [5, 5.41) is 5.98. The van der Waals surface area contributed by atoms with Gasteiger partial charge in [-0.25, -0.2) is 0 Å². The molecule has 0 aliphatic heterocycles. The zero-order chi connectivity index (χ0) is 34.2. The molecule has 1 nitrogen and oxygen atoms in total. The smallest absolute Gasteiger partial charge is 0.248 e. The van der Waals surface area contributed by atoms with Crippen LogP contribution in [0.25, 0.3) is 0 Å². The van der Waals surface area contributed by atoms with E-state index in [1.807, 2.05) is 6.55 Å². The van der Waals surface area contributed by atoms with Crippen LogP contribution in [0, 0.1) is 0 Å². The van der Waals surface area contributed by atoms with Gasteiger partial charge in [0.15, 0.2) is 16.5 Å². The molecule has 0 aliphatic rings. The molecule has 0 spiro atoms. The molecule has 0 saturated carbocycles. The maximum absolute atomic E-state index is 6.40. The predicted octanol–water partition coefficient (Wildman–Crippen LogP) is 10.3. The normalized spacial score (nSPS) is 13.2. The van der Waals surface area contributed by atoms with Crippen molar-refractivity contribution >= 4 is 66.1 Å². The Balaban J connectivity index is 1.98. The van der Waals surface area contributed by atoms with Gasteiger partial charge in [-0.3, -0.25) is 0 Å². The van der Waals surface area contributed by atoms with Gasteiger partial charge in [0.05, 0.1) is 0 Å². The van der Waals surface area contributed by atoms with Gasteiger partial charge < -0.3 is 4.23 Å². The highest BCUT2D eigenvalue weighted by Crippen LogP contribution is 2.47. The van der Waals surface area contributed by atoms with Crippen LogP contribution >= 0.6 is 22.2 Å². The van der Waals surface area contributed by atoms with Crippen LogP contribution in [0.5, 0.6) is 0 Å². The minimum absolute atomic E-state index is 0.0115. The van der Waals surface area contributed by atoms with Gasteiger partial charge in [-0.2, -0.15) is 0 Å². The van der Waals surface area contributed by atoms with Gasteiger partial charge in [0.2, 0.25) is 6.69 Å². The zero-order valence-electron chi connectivity index (χ0n) is 29.9. The first-order chi connectivity index (χ1) is 22.3. The molecule has 0 amide bonds. The highest BCUT2D eigenvalue weighted by Gasteiger charge is 2.63. The summed E-state index contributed by atoms with van der Waals surface area (Å²) in [5.74, 6) is 0. The summed E-state index contributed by atoms with van der Waals surface area (Å²) in [6, 6.07) is 47.4. The van der Waals surface area contributed by atoms with Crippen LogP contribution in [0.3, 0.4) is 0 Å². The lowest BCUT2D eigenvalue weighted by Gasteiger charge is -2.62. The Labute approximate surface area is 299 Å². The maximum Gasteiger partial charge on any atom is 0.248 e. The number of rotatable bonds is 15. The SMILES string of the molecule is CC(C)(C)[Si](c1ccccc1)(c1ccccc1)N(CCCCCCCC[Si](C)(Cl)Cl)[Si](c1ccccc1)(c1ccccc1)C(C)(C)C. The first kappa shape index (κ1) is 37.9. The van der Waals surface area contributed by atoms with Crippen LogP contribution in [-0.2, 0) is 0 Å². The molecule has 0 N–H and O–H groups in total. The quantitative estimate of drug-likeness (QED) is 0.0672. The number of unbranched alkanes of at least 4 members (excludes halogenated alkanes) is 5. The minimum Gasteiger partial charge on any atom is -0.330 e. The average molecular weight is 719 g/mol. The van der Waals surface area contributed by atoms with Crippen LogP contribution in [0.2, 0.25) is 22.7 Å². The Kier molecular flexibility index (Phi) is 13.0. The molecule has 4 rings (SSSR count). The van der Waals surface area contributed by atoms with E-state index in [1.165, 1.54) is 52.9 Å². The second-order valence-electron chi connectivity index (χ2n) is 15.5. The van der Waals surface area contributed by atoms with Crippen molar-refractivity contribution in [1.82, 2.24) is 4.23 Å². The van der Waals surface area contributed by atoms with Gasteiger partial charge in [-0.05, 0) is 56.4 Å². The standard InChI is InChI=1S/C41H57Cl2NSi3/c1-40(2,3)46(36-26-16-12-17-27-36,37-28-18-13-19-29-37)44(34-24-10-8-9-11-25-35-45(7,42)43)47(41(4,5)6,38-30-20-14-21-31-38)39-32-22-15-23-33-39/h12-23,26-33H,8-11,24-25,34-35H2,1-7H3. The van der Waals surface area contributed by atoms with Crippen molar-refractivity contribution in [2.45, 2.75) is 103 Å². The number of benzene rings is 4. The van der Waals surface area contributed by atoms with Crippen LogP contribution in [-0.4, -0.2) is 33.9 Å². The first-order valence-electron chi connectivity index (χ1n) is 17.6. The van der Waals surface area contributed by atoms with Gasteiger partial charge >= 0.3 is 0 Å². The van der Waals surface area contributed by atoms with Crippen molar-refractivity contribution < 1.29 is 0 Å². The topological polar surface area (TPSA) is 3.24 Å². The molecular formula is C41H57Cl2NSi3. The Morgan fingerprint density at radius 2 is 0.723 bits per heavy atom. The van der Waals surface area contributed by atoms with Crippen molar-refractivity contribution in [2.24, 2.45) is 0 Å². The Morgan fingerprint density at radius 3 is 1.00 bits per heavy atom. The lowest BCUT2D eigenvalue weighted by molar-refractivity contribution is 0.496. The molecule has 0 atom stereocenters. The van der Waals surface area contributed by atoms with E-state index in [9.17, 15) is 0 Å². The minimum atomic E-state index is -2.72. The molecule has 252 valence electrons. The van der Waals surface area contributed by atoms with Crippen molar-refractivity contribution in [3.8, 4) is 0 Å². The van der Waals surface area contributed by atoms with Crippen LogP contribution < -0.4 is 20.7 Å². The number of hydrogen-bond donors (Lipinski definition) is 0. The summed E-state index contributed by atoms with van der Waals surface area (Å²) in [6.07, 6.45) is 7.26. The van der Waals surface area contributed by atoms with E-state index >= 15 is 0 Å². The van der Waals surface area contributed by atoms with Crippen LogP contribution in [0.4, 0.5) is 0 Å². The molecule has 0 fully saturated rings. The van der Waals surface area contributed by atoms with E-state index in [2.05, 4.69) is 167 Å². The molecule has 4 aromatic rings. The highest BCUT2D eigenvalue weighted by molar-refractivity contribution is 7.44. The first-order valence-corrected chi connectivity index (χ1v) is 26.3. The molecule has 6 heteroatoms. The van der Waals surface area contributed by atoms with E-state index in [-0.39, 0.29) is 10.1 Å². The number of hydrogen-bond acceptors (Lipinski definition) is 1. The Bertz CT molecular complexity index is 1300. The van der Waals surface area contributed by atoms with Crippen molar-refractivity contribution in [3.05, 3.63) is 121 Å². The summed E-state index contributed by atoms with van der Waals surface area (Å²) < 4.78 is 3.22. The fourth-order valence-electron chi connectivity index (χ4n) is 8.22. The molecule has 0 aliphatic carbocycles. The van der Waals surface area contributed by atoms with Gasteiger partial charge in [0.1, 0.15) is 0 Å². The molecule has 0 bridgehead atoms. The predicted molar refractivity (Wildman–Crippen MR) is 218 cm³/mol. The van der Waals surface area contributed by atoms with Gasteiger partial charge in [-0.15, -0.1) is 22.2 Å². The lowest BCUT2D eigenvalue weighted by Crippen LogP contribution is -2.88. The highest BCUT2D eigenvalue weighted by atomic mass is 35.7. The van der Waals surface area contributed by atoms with Crippen LogP contribution in [0.1, 0.15) is 80.1 Å². The summed E-state index contributed by atoms with van der Waals surface area (Å²) in [4.78, 5) is 0. The summed E-state index contributed by atoms with van der Waals surface area (Å²) >= 11 is 12.8. The second-order valence-corrected chi connectivity index (χ2v) is 33.4. The van der Waals surface area contributed by atoms with Crippen molar-refractivity contribution in [3.63, 3.8) is 0 Å². The molecule has 0 radical (unpaired) electrons. The molecule has 0 aromatic heterocycles. The third-order valence-corrected chi connectivity index (χ3v) is 25.5. The van der Waals surface area contributed by atoms with E-state index in [4.69, 9.17) is 22.2 Å². The number of nitrogens with zero attached hydrogens (tertiary/aromatic N) is 1. The van der Waals surface area contributed by atoms with E-state index in [0.29, 0.717) is 0 Å².